The first-order valence-corrected chi connectivity index (χ1v) is 12.8. The van der Waals surface area contributed by atoms with Gasteiger partial charge >= 0.3 is 6.03 Å². The number of ether oxygens (including phenoxy) is 4. The van der Waals surface area contributed by atoms with Crippen molar-refractivity contribution >= 4 is 17.8 Å². The van der Waals surface area contributed by atoms with Gasteiger partial charge in [0.15, 0.2) is 23.0 Å². The van der Waals surface area contributed by atoms with Gasteiger partial charge in [0.05, 0.1) is 28.4 Å². The summed E-state index contributed by atoms with van der Waals surface area (Å²) < 4.78 is 21.6. The van der Waals surface area contributed by atoms with Crippen LogP contribution in [-0.4, -0.2) is 80.1 Å². The van der Waals surface area contributed by atoms with Crippen molar-refractivity contribution in [3.63, 3.8) is 0 Å². The highest BCUT2D eigenvalue weighted by Gasteiger charge is 2.47. The van der Waals surface area contributed by atoms with Crippen LogP contribution in [0.4, 0.5) is 4.79 Å². The van der Waals surface area contributed by atoms with Gasteiger partial charge in [0.25, 0.3) is 5.91 Å². The predicted molar refractivity (Wildman–Crippen MR) is 138 cm³/mol. The van der Waals surface area contributed by atoms with E-state index in [-0.39, 0.29) is 30.8 Å². The summed E-state index contributed by atoms with van der Waals surface area (Å²) in [6, 6.07) is 6.81. The van der Waals surface area contributed by atoms with E-state index >= 15 is 0 Å². The van der Waals surface area contributed by atoms with Crippen LogP contribution in [0, 0.1) is 0 Å². The Balaban J connectivity index is 1.19. The predicted octanol–water partition coefficient (Wildman–Crippen LogP) is 2.78. The van der Waals surface area contributed by atoms with E-state index < -0.39 is 6.04 Å². The Morgan fingerprint density at radius 2 is 1.37 bits per heavy atom. The number of rotatable bonds is 8. The lowest BCUT2D eigenvalue weighted by Crippen LogP contribution is -2.40. The molecule has 2 aromatic rings. The summed E-state index contributed by atoms with van der Waals surface area (Å²) in [6.45, 7) is 1.66. The number of imide groups is 1. The molecular formula is C28H33N3O7. The van der Waals surface area contributed by atoms with E-state index in [0.717, 1.165) is 28.7 Å². The fraction of sp³-hybridized carbons (Fsp3) is 0.464. The van der Waals surface area contributed by atoms with Crippen LogP contribution in [0.2, 0.25) is 0 Å². The molecule has 0 saturated carbocycles. The zero-order chi connectivity index (χ0) is 27.0. The summed E-state index contributed by atoms with van der Waals surface area (Å²) >= 11 is 0. The number of nitrogens with zero attached hydrogens (tertiary/aromatic N) is 3. The quantitative estimate of drug-likeness (QED) is 0.491. The van der Waals surface area contributed by atoms with Gasteiger partial charge in [-0.2, -0.15) is 0 Å². The molecule has 38 heavy (non-hydrogen) atoms. The van der Waals surface area contributed by atoms with Crippen LogP contribution in [0.3, 0.4) is 0 Å². The van der Waals surface area contributed by atoms with Crippen molar-refractivity contribution in [3.8, 4) is 23.0 Å². The van der Waals surface area contributed by atoms with Gasteiger partial charge in [0.2, 0.25) is 5.91 Å². The molecule has 1 fully saturated rings. The molecule has 2 aromatic carbocycles. The lowest BCUT2D eigenvalue weighted by Gasteiger charge is -2.30. The minimum absolute atomic E-state index is 0.00819. The van der Waals surface area contributed by atoms with Crippen LogP contribution in [0.25, 0.3) is 0 Å². The van der Waals surface area contributed by atoms with Gasteiger partial charge in [-0.1, -0.05) is 0 Å². The van der Waals surface area contributed by atoms with E-state index in [9.17, 15) is 14.4 Å². The van der Waals surface area contributed by atoms with Crippen LogP contribution in [0.5, 0.6) is 23.0 Å². The molecule has 0 bridgehead atoms. The Morgan fingerprint density at radius 3 is 1.97 bits per heavy atom. The molecule has 3 heterocycles. The second-order valence-corrected chi connectivity index (χ2v) is 9.74. The number of amides is 4. The summed E-state index contributed by atoms with van der Waals surface area (Å²) in [5.41, 5.74) is 4.10. The summed E-state index contributed by atoms with van der Waals surface area (Å²) in [6.07, 6.45) is 1.84. The highest BCUT2D eigenvalue weighted by atomic mass is 16.5. The minimum atomic E-state index is -0.533. The highest BCUT2D eigenvalue weighted by Crippen LogP contribution is 2.37. The Hall–Kier alpha value is -3.95. The third-order valence-electron chi connectivity index (χ3n) is 7.71. The molecule has 4 amide bonds. The number of carbonyl (C=O) groups is 3. The molecule has 1 atom stereocenters. The molecule has 3 aliphatic heterocycles. The van der Waals surface area contributed by atoms with Crippen molar-refractivity contribution in [1.29, 1.82) is 0 Å². The van der Waals surface area contributed by atoms with Crippen LogP contribution in [0.1, 0.15) is 35.1 Å². The van der Waals surface area contributed by atoms with Crippen LogP contribution in [0.15, 0.2) is 24.3 Å². The maximum atomic E-state index is 13.2. The largest absolute Gasteiger partial charge is 0.493 e. The minimum Gasteiger partial charge on any atom is -0.493 e. The Labute approximate surface area is 222 Å². The van der Waals surface area contributed by atoms with Crippen molar-refractivity contribution in [2.75, 3.05) is 41.5 Å². The SMILES string of the molecule is COc1cc2c(cc1OC)CN(C(=O)CCCN1C(=O)[C@@H]3Cc4cc(OC)c(OC)cc4CN3C1=O)CC2. The fourth-order valence-corrected chi connectivity index (χ4v) is 5.61. The molecule has 0 aromatic heterocycles. The van der Waals surface area contributed by atoms with Gasteiger partial charge in [-0.05, 0) is 59.4 Å². The molecule has 0 spiro atoms. The van der Waals surface area contributed by atoms with E-state index in [2.05, 4.69) is 0 Å². The monoisotopic (exact) mass is 523 g/mol. The normalized spacial score (nSPS) is 18.1. The van der Waals surface area contributed by atoms with Gasteiger partial charge in [-0.25, -0.2) is 4.79 Å². The first kappa shape index (κ1) is 25.7. The summed E-state index contributed by atoms with van der Waals surface area (Å²) in [4.78, 5) is 44.0. The Kier molecular flexibility index (Phi) is 7.05. The number of carbonyl (C=O) groups excluding carboxylic acids is 3. The maximum absolute atomic E-state index is 13.2. The average Bonchev–Trinajstić information content (AvgIpc) is 3.17. The van der Waals surface area contributed by atoms with Gasteiger partial charge in [0, 0.05) is 39.0 Å². The van der Waals surface area contributed by atoms with Crippen molar-refractivity contribution in [2.45, 2.75) is 44.8 Å². The first-order chi connectivity index (χ1) is 18.4. The molecule has 0 N–H and O–H groups in total. The molecule has 0 unspecified atom stereocenters. The van der Waals surface area contributed by atoms with Gasteiger partial charge in [0.1, 0.15) is 6.04 Å². The molecule has 0 aliphatic carbocycles. The number of methoxy groups -OCH3 is 4. The van der Waals surface area contributed by atoms with E-state index in [0.29, 0.717) is 55.5 Å². The topological polar surface area (TPSA) is 97.8 Å². The second kappa shape index (κ2) is 10.4. The zero-order valence-electron chi connectivity index (χ0n) is 22.2. The molecule has 0 radical (unpaired) electrons. The summed E-state index contributed by atoms with van der Waals surface area (Å²) in [5.74, 6) is 2.32. The van der Waals surface area contributed by atoms with Gasteiger partial charge in [-0.15, -0.1) is 0 Å². The van der Waals surface area contributed by atoms with Crippen LogP contribution in [-0.2, 0) is 35.5 Å². The van der Waals surface area contributed by atoms with Crippen molar-refractivity contribution in [1.82, 2.24) is 14.7 Å². The number of urea groups is 1. The fourth-order valence-electron chi connectivity index (χ4n) is 5.61. The van der Waals surface area contributed by atoms with Crippen molar-refractivity contribution in [2.24, 2.45) is 0 Å². The average molecular weight is 524 g/mol. The molecule has 10 nitrogen and oxygen atoms in total. The molecule has 202 valence electrons. The van der Waals surface area contributed by atoms with E-state index in [1.807, 2.05) is 29.2 Å². The van der Waals surface area contributed by atoms with Gasteiger partial charge in [-0.3, -0.25) is 14.5 Å². The van der Waals surface area contributed by atoms with E-state index in [1.165, 1.54) is 4.90 Å². The van der Waals surface area contributed by atoms with Crippen LogP contribution < -0.4 is 18.9 Å². The smallest absolute Gasteiger partial charge is 0.327 e. The zero-order valence-corrected chi connectivity index (χ0v) is 22.2. The number of hydrogen-bond donors (Lipinski definition) is 0. The Bertz CT molecular complexity index is 1230. The molecule has 10 heteroatoms. The number of benzene rings is 2. The van der Waals surface area contributed by atoms with Crippen LogP contribution >= 0.6 is 0 Å². The second-order valence-electron chi connectivity index (χ2n) is 9.74. The van der Waals surface area contributed by atoms with Gasteiger partial charge < -0.3 is 28.7 Å². The standard InChI is InChI=1S/C28H33N3O7/c1-35-22-11-17-7-9-29(15-19(17)13-24(22)37-3)26(32)6-5-8-30-27(33)21-10-18-12-23(36-2)25(38-4)14-20(18)16-31(21)28(30)34/h11-14,21H,5-10,15-16H2,1-4H3/t21-/m0/s1. The Morgan fingerprint density at radius 1 is 0.816 bits per heavy atom. The molecule has 3 aliphatic rings. The summed E-state index contributed by atoms with van der Waals surface area (Å²) in [7, 11) is 6.34. The van der Waals surface area contributed by atoms with E-state index in [1.54, 1.807) is 33.3 Å². The first-order valence-electron chi connectivity index (χ1n) is 12.8. The molecule has 1 saturated heterocycles. The molecule has 5 rings (SSSR count). The van der Waals surface area contributed by atoms with Crippen molar-refractivity contribution in [3.05, 3.63) is 46.5 Å². The third kappa shape index (κ3) is 4.48. The molecular weight excluding hydrogens is 490 g/mol. The lowest BCUT2D eigenvalue weighted by atomic mass is 9.94. The van der Waals surface area contributed by atoms with Crippen molar-refractivity contribution < 1.29 is 33.3 Å². The summed E-state index contributed by atoms with van der Waals surface area (Å²) in [5, 5.41) is 0. The van der Waals surface area contributed by atoms with E-state index in [4.69, 9.17) is 18.9 Å². The lowest BCUT2D eigenvalue weighted by molar-refractivity contribution is -0.133. The third-order valence-corrected chi connectivity index (χ3v) is 7.71. The number of hydrogen-bond acceptors (Lipinski definition) is 7. The maximum Gasteiger partial charge on any atom is 0.327 e. The highest BCUT2D eigenvalue weighted by molar-refractivity contribution is 6.04. The number of fused-ring (bicyclic) bond motifs is 3.